The van der Waals surface area contributed by atoms with Gasteiger partial charge in [-0.2, -0.15) is 0 Å². The van der Waals surface area contributed by atoms with E-state index in [1.165, 1.54) is 0 Å². The van der Waals surface area contributed by atoms with Crippen molar-refractivity contribution in [1.29, 1.82) is 0 Å². The van der Waals surface area contributed by atoms with Gasteiger partial charge in [0.2, 0.25) is 0 Å². The zero-order chi connectivity index (χ0) is 16.2. The van der Waals surface area contributed by atoms with Crippen LogP contribution in [0.3, 0.4) is 0 Å². The number of rotatable bonds is 10. The number of amides is 2. The van der Waals surface area contributed by atoms with Gasteiger partial charge in [-0.15, -0.1) is 0 Å². The lowest BCUT2D eigenvalue weighted by Crippen LogP contribution is -2.37. The Balaban J connectivity index is 2.33. The van der Waals surface area contributed by atoms with Gasteiger partial charge in [0.1, 0.15) is 0 Å². The third-order valence-electron chi connectivity index (χ3n) is 3.04. The molecule has 124 valence electrons. The van der Waals surface area contributed by atoms with Gasteiger partial charge < -0.3 is 24.8 Å². The van der Waals surface area contributed by atoms with Crippen molar-refractivity contribution in [2.75, 3.05) is 40.5 Å². The topological polar surface area (TPSA) is 68.8 Å². The van der Waals surface area contributed by atoms with E-state index in [0.29, 0.717) is 32.1 Å². The van der Waals surface area contributed by atoms with E-state index in [4.69, 9.17) is 14.2 Å². The molecule has 0 aliphatic heterocycles. The number of ether oxygens (including phenoxy) is 3. The predicted molar refractivity (Wildman–Crippen MR) is 85.8 cm³/mol. The van der Waals surface area contributed by atoms with Gasteiger partial charge in [0, 0.05) is 26.8 Å². The first-order valence-corrected chi connectivity index (χ1v) is 7.51. The van der Waals surface area contributed by atoms with Gasteiger partial charge in [-0.05, 0) is 37.5 Å². The molecule has 0 saturated heterocycles. The molecule has 2 N–H and O–H groups in total. The number of hydrogen-bond donors (Lipinski definition) is 2. The molecule has 6 heteroatoms. The molecule has 0 heterocycles. The summed E-state index contributed by atoms with van der Waals surface area (Å²) in [6.45, 7) is 4.35. The summed E-state index contributed by atoms with van der Waals surface area (Å²) in [5.74, 6) is 1.45. The zero-order valence-electron chi connectivity index (χ0n) is 13.6. The maximum absolute atomic E-state index is 11.6. The molecule has 1 aromatic rings. The first-order valence-electron chi connectivity index (χ1n) is 7.51. The van der Waals surface area contributed by atoms with Crippen molar-refractivity contribution in [2.45, 2.75) is 19.8 Å². The van der Waals surface area contributed by atoms with Crippen LogP contribution >= 0.6 is 0 Å². The van der Waals surface area contributed by atoms with Crippen LogP contribution in [0.1, 0.15) is 18.9 Å². The summed E-state index contributed by atoms with van der Waals surface area (Å²) in [5, 5.41) is 5.60. The molecule has 0 unspecified atom stereocenters. The van der Waals surface area contributed by atoms with Gasteiger partial charge >= 0.3 is 6.03 Å². The molecule has 6 nitrogen and oxygen atoms in total. The van der Waals surface area contributed by atoms with Crippen LogP contribution < -0.4 is 20.1 Å². The van der Waals surface area contributed by atoms with E-state index in [-0.39, 0.29) is 6.03 Å². The Bertz CT molecular complexity index is 452. The Morgan fingerprint density at radius 2 is 1.91 bits per heavy atom. The first-order chi connectivity index (χ1) is 10.7. The second-order valence-electron chi connectivity index (χ2n) is 4.70. The SMILES string of the molecule is CCOc1ccc(CCNC(=O)NCCCOC)cc1OC. The second-order valence-corrected chi connectivity index (χ2v) is 4.70. The Hall–Kier alpha value is -1.95. The number of hydrogen-bond acceptors (Lipinski definition) is 4. The number of methoxy groups -OCH3 is 2. The summed E-state index contributed by atoms with van der Waals surface area (Å²) in [5.41, 5.74) is 1.08. The summed E-state index contributed by atoms with van der Waals surface area (Å²) in [6, 6.07) is 5.64. The largest absolute Gasteiger partial charge is 0.493 e. The lowest BCUT2D eigenvalue weighted by molar-refractivity contribution is 0.193. The fourth-order valence-corrected chi connectivity index (χ4v) is 1.94. The van der Waals surface area contributed by atoms with Gasteiger partial charge in [-0.3, -0.25) is 0 Å². The van der Waals surface area contributed by atoms with E-state index in [2.05, 4.69) is 10.6 Å². The fraction of sp³-hybridized carbons (Fsp3) is 0.562. The monoisotopic (exact) mass is 310 g/mol. The second kappa shape index (κ2) is 10.7. The Labute approximate surface area is 132 Å². The Morgan fingerprint density at radius 3 is 2.59 bits per heavy atom. The highest BCUT2D eigenvalue weighted by atomic mass is 16.5. The molecule has 0 aliphatic carbocycles. The minimum Gasteiger partial charge on any atom is -0.493 e. The molecule has 1 aromatic carbocycles. The highest BCUT2D eigenvalue weighted by molar-refractivity contribution is 5.73. The average Bonchev–Trinajstić information content (AvgIpc) is 2.53. The molecule has 0 bridgehead atoms. The van der Waals surface area contributed by atoms with Crippen molar-refractivity contribution < 1.29 is 19.0 Å². The Morgan fingerprint density at radius 1 is 1.14 bits per heavy atom. The zero-order valence-corrected chi connectivity index (χ0v) is 13.6. The van der Waals surface area contributed by atoms with Gasteiger partial charge in [0.25, 0.3) is 0 Å². The van der Waals surface area contributed by atoms with E-state index in [1.54, 1.807) is 14.2 Å². The number of benzene rings is 1. The average molecular weight is 310 g/mol. The molecule has 0 atom stereocenters. The van der Waals surface area contributed by atoms with Crippen LogP contribution in [0.4, 0.5) is 4.79 Å². The van der Waals surface area contributed by atoms with Crippen LogP contribution in [-0.2, 0) is 11.2 Å². The standard InChI is InChI=1S/C16H26N2O4/c1-4-22-14-7-6-13(12-15(14)21-3)8-10-18-16(19)17-9-5-11-20-2/h6-7,12H,4-5,8-11H2,1-3H3,(H2,17,18,19). The van der Waals surface area contributed by atoms with E-state index in [1.807, 2.05) is 25.1 Å². The molecule has 2 amide bonds. The molecule has 22 heavy (non-hydrogen) atoms. The van der Waals surface area contributed by atoms with Crippen LogP contribution in [-0.4, -0.2) is 46.6 Å². The van der Waals surface area contributed by atoms with E-state index >= 15 is 0 Å². The number of carbonyl (C=O) groups is 1. The fourth-order valence-electron chi connectivity index (χ4n) is 1.94. The quantitative estimate of drug-likeness (QED) is 0.648. The maximum Gasteiger partial charge on any atom is 0.314 e. The molecular formula is C16H26N2O4. The number of carbonyl (C=O) groups excluding carboxylic acids is 1. The summed E-state index contributed by atoms with van der Waals surface area (Å²) in [4.78, 5) is 11.6. The van der Waals surface area contributed by atoms with Crippen molar-refractivity contribution in [3.05, 3.63) is 23.8 Å². The summed E-state index contributed by atoms with van der Waals surface area (Å²) >= 11 is 0. The van der Waals surface area contributed by atoms with Gasteiger partial charge in [0.05, 0.1) is 13.7 Å². The lowest BCUT2D eigenvalue weighted by atomic mass is 10.1. The molecule has 0 aromatic heterocycles. The Kier molecular flexibility index (Phi) is 8.83. The summed E-state index contributed by atoms with van der Waals surface area (Å²) < 4.78 is 15.7. The van der Waals surface area contributed by atoms with Crippen molar-refractivity contribution in [3.63, 3.8) is 0 Å². The van der Waals surface area contributed by atoms with Crippen LogP contribution in [0.25, 0.3) is 0 Å². The van der Waals surface area contributed by atoms with E-state index in [0.717, 1.165) is 24.2 Å². The van der Waals surface area contributed by atoms with Crippen molar-refractivity contribution in [3.8, 4) is 11.5 Å². The summed E-state index contributed by atoms with van der Waals surface area (Å²) in [6.07, 6.45) is 1.54. The molecule has 1 rings (SSSR count). The van der Waals surface area contributed by atoms with Crippen LogP contribution in [0, 0.1) is 0 Å². The highest BCUT2D eigenvalue weighted by Crippen LogP contribution is 2.28. The third-order valence-corrected chi connectivity index (χ3v) is 3.04. The molecule has 0 saturated carbocycles. The van der Waals surface area contributed by atoms with E-state index < -0.39 is 0 Å². The lowest BCUT2D eigenvalue weighted by Gasteiger charge is -2.11. The minimum absolute atomic E-state index is 0.158. The van der Waals surface area contributed by atoms with Gasteiger partial charge in [0.15, 0.2) is 11.5 Å². The normalized spacial score (nSPS) is 10.1. The van der Waals surface area contributed by atoms with Gasteiger partial charge in [-0.25, -0.2) is 4.79 Å². The smallest absolute Gasteiger partial charge is 0.314 e. The van der Waals surface area contributed by atoms with E-state index in [9.17, 15) is 4.79 Å². The summed E-state index contributed by atoms with van der Waals surface area (Å²) in [7, 11) is 3.26. The molecular weight excluding hydrogens is 284 g/mol. The molecule has 0 aliphatic rings. The number of urea groups is 1. The van der Waals surface area contributed by atoms with Gasteiger partial charge in [-0.1, -0.05) is 6.07 Å². The van der Waals surface area contributed by atoms with Crippen LogP contribution in [0.2, 0.25) is 0 Å². The molecule has 0 fully saturated rings. The predicted octanol–water partition coefficient (Wildman–Crippen LogP) is 1.97. The molecule has 0 spiro atoms. The molecule has 0 radical (unpaired) electrons. The maximum atomic E-state index is 11.6. The van der Waals surface area contributed by atoms with Crippen molar-refractivity contribution in [2.24, 2.45) is 0 Å². The first kappa shape index (κ1) is 18.1. The highest BCUT2D eigenvalue weighted by Gasteiger charge is 2.06. The van der Waals surface area contributed by atoms with Crippen molar-refractivity contribution >= 4 is 6.03 Å². The number of nitrogens with one attached hydrogen (secondary N) is 2. The third kappa shape index (κ3) is 6.67. The van der Waals surface area contributed by atoms with Crippen LogP contribution in [0.5, 0.6) is 11.5 Å². The van der Waals surface area contributed by atoms with Crippen molar-refractivity contribution in [1.82, 2.24) is 10.6 Å². The van der Waals surface area contributed by atoms with Crippen LogP contribution in [0.15, 0.2) is 18.2 Å². The minimum atomic E-state index is -0.158.